The van der Waals surface area contributed by atoms with Gasteiger partial charge in [0.1, 0.15) is 6.07 Å². The molecule has 0 saturated heterocycles. The lowest BCUT2D eigenvalue weighted by Crippen LogP contribution is -2.11. The minimum atomic E-state index is -4.58. The fourth-order valence-corrected chi connectivity index (χ4v) is 1.45. The van der Waals surface area contributed by atoms with Gasteiger partial charge in [-0.2, -0.15) is 18.4 Å². The summed E-state index contributed by atoms with van der Waals surface area (Å²) in [6.07, 6.45) is -3.59. The predicted octanol–water partition coefficient (Wildman–Crippen LogP) is 1.81. The molecule has 1 aromatic heterocycles. The Kier molecular flexibility index (Phi) is 2.35. The minimum absolute atomic E-state index is 0.136. The molecule has 2 rings (SSSR count). The van der Waals surface area contributed by atoms with Crippen molar-refractivity contribution in [2.75, 3.05) is 0 Å². The molecule has 0 fully saturated rings. The Morgan fingerprint density at radius 3 is 2.65 bits per heavy atom. The zero-order valence-electron chi connectivity index (χ0n) is 8.17. The molecule has 0 radical (unpaired) electrons. The number of hydrogen-bond donors (Lipinski definition) is 1. The molecular weight excluding hydrogens is 235 g/mol. The van der Waals surface area contributed by atoms with Gasteiger partial charge in [0, 0.05) is 0 Å². The van der Waals surface area contributed by atoms with Crippen LogP contribution in [-0.2, 0) is 6.18 Å². The van der Waals surface area contributed by atoms with Gasteiger partial charge in [-0.25, -0.2) is 4.98 Å². The van der Waals surface area contributed by atoms with E-state index in [1.165, 1.54) is 0 Å². The normalized spacial score (nSPS) is 11.4. The molecule has 4 nitrogen and oxygen atoms in total. The van der Waals surface area contributed by atoms with Crippen molar-refractivity contribution < 1.29 is 13.2 Å². The van der Waals surface area contributed by atoms with Crippen molar-refractivity contribution in [2.24, 2.45) is 0 Å². The largest absolute Gasteiger partial charge is 0.416 e. The van der Waals surface area contributed by atoms with E-state index in [4.69, 9.17) is 5.26 Å². The number of hydrogen-bond acceptors (Lipinski definition) is 3. The Hall–Kier alpha value is -2.36. The van der Waals surface area contributed by atoms with Crippen LogP contribution in [0.1, 0.15) is 11.1 Å². The average molecular weight is 239 g/mol. The van der Waals surface area contributed by atoms with E-state index in [1.54, 1.807) is 6.07 Å². The van der Waals surface area contributed by atoms with Crippen molar-refractivity contribution >= 4 is 10.9 Å². The molecule has 0 unspecified atom stereocenters. The third-order valence-corrected chi connectivity index (χ3v) is 2.19. The minimum Gasteiger partial charge on any atom is -0.313 e. The number of rotatable bonds is 0. The molecule has 0 aliphatic heterocycles. The van der Waals surface area contributed by atoms with E-state index in [9.17, 15) is 18.0 Å². The summed E-state index contributed by atoms with van der Waals surface area (Å²) in [6, 6.07) is 2.94. The molecule has 0 aliphatic carbocycles. The zero-order chi connectivity index (χ0) is 12.6. The quantitative estimate of drug-likeness (QED) is 0.762. The Balaban J connectivity index is 2.91. The van der Waals surface area contributed by atoms with Gasteiger partial charge in [0.2, 0.25) is 0 Å². The molecule has 17 heavy (non-hydrogen) atoms. The highest BCUT2D eigenvalue weighted by Gasteiger charge is 2.31. The Morgan fingerprint density at radius 2 is 2.06 bits per heavy atom. The van der Waals surface area contributed by atoms with Crippen molar-refractivity contribution in [1.82, 2.24) is 9.97 Å². The lowest BCUT2D eigenvalue weighted by Gasteiger charge is -2.07. The second-order valence-electron chi connectivity index (χ2n) is 3.26. The smallest absolute Gasteiger partial charge is 0.313 e. The highest BCUT2D eigenvalue weighted by Crippen LogP contribution is 2.31. The zero-order valence-corrected chi connectivity index (χ0v) is 8.17. The Labute approximate surface area is 92.3 Å². The first-order valence-corrected chi connectivity index (χ1v) is 4.42. The summed E-state index contributed by atoms with van der Waals surface area (Å²) in [4.78, 5) is 17.2. The first-order chi connectivity index (χ1) is 7.93. The van der Waals surface area contributed by atoms with Gasteiger partial charge in [-0.05, 0) is 12.1 Å². The van der Waals surface area contributed by atoms with Crippen LogP contribution in [0, 0.1) is 11.3 Å². The fourth-order valence-electron chi connectivity index (χ4n) is 1.45. The molecule has 0 aliphatic rings. The maximum Gasteiger partial charge on any atom is 0.416 e. The SMILES string of the molecule is N#Cc1cc(C(F)(F)F)cc2nc[nH]c(=O)c12. The molecule has 1 aromatic carbocycles. The number of alkyl halides is 3. The van der Waals surface area contributed by atoms with Gasteiger partial charge in [0.05, 0.1) is 28.4 Å². The molecule has 1 heterocycles. The third kappa shape index (κ3) is 1.85. The highest BCUT2D eigenvalue weighted by atomic mass is 19.4. The van der Waals surface area contributed by atoms with Gasteiger partial charge in [-0.1, -0.05) is 0 Å². The molecule has 1 N–H and O–H groups in total. The lowest BCUT2D eigenvalue weighted by molar-refractivity contribution is -0.137. The molecule has 0 spiro atoms. The Morgan fingerprint density at radius 1 is 1.35 bits per heavy atom. The summed E-state index contributed by atoms with van der Waals surface area (Å²) in [6.45, 7) is 0. The van der Waals surface area contributed by atoms with Crippen LogP contribution < -0.4 is 5.56 Å². The van der Waals surface area contributed by atoms with E-state index in [-0.39, 0.29) is 16.5 Å². The number of nitrogens with one attached hydrogen (secondary N) is 1. The van der Waals surface area contributed by atoms with Gasteiger partial charge < -0.3 is 4.98 Å². The number of nitrogens with zero attached hydrogens (tertiary/aromatic N) is 2. The number of halogens is 3. The second-order valence-corrected chi connectivity index (χ2v) is 3.26. The van der Waals surface area contributed by atoms with Crippen LogP contribution in [0.2, 0.25) is 0 Å². The van der Waals surface area contributed by atoms with Gasteiger partial charge >= 0.3 is 6.18 Å². The van der Waals surface area contributed by atoms with Crippen LogP contribution in [0.5, 0.6) is 0 Å². The van der Waals surface area contributed by atoms with Crippen LogP contribution in [-0.4, -0.2) is 9.97 Å². The molecule has 0 bridgehead atoms. The van der Waals surface area contributed by atoms with Crippen molar-refractivity contribution in [3.8, 4) is 6.07 Å². The van der Waals surface area contributed by atoms with Gasteiger partial charge in [0.25, 0.3) is 5.56 Å². The maximum atomic E-state index is 12.5. The fraction of sp³-hybridized carbons (Fsp3) is 0.100. The predicted molar refractivity (Wildman–Crippen MR) is 52.1 cm³/mol. The number of fused-ring (bicyclic) bond motifs is 1. The molecular formula is C10H4F3N3O. The summed E-state index contributed by atoms with van der Waals surface area (Å²) in [7, 11) is 0. The molecule has 2 aromatic rings. The number of benzene rings is 1. The van der Waals surface area contributed by atoms with Crippen LogP contribution in [0.25, 0.3) is 10.9 Å². The maximum absolute atomic E-state index is 12.5. The average Bonchev–Trinajstić information content (AvgIpc) is 2.26. The van der Waals surface area contributed by atoms with E-state index in [2.05, 4.69) is 9.97 Å². The van der Waals surface area contributed by atoms with Crippen LogP contribution in [0.4, 0.5) is 13.2 Å². The number of H-pyrrole nitrogens is 1. The summed E-state index contributed by atoms with van der Waals surface area (Å²) in [5.41, 5.74) is -2.13. The van der Waals surface area contributed by atoms with E-state index in [1.807, 2.05) is 0 Å². The van der Waals surface area contributed by atoms with E-state index >= 15 is 0 Å². The number of aromatic nitrogens is 2. The first-order valence-electron chi connectivity index (χ1n) is 4.42. The molecule has 0 atom stereocenters. The molecule has 86 valence electrons. The van der Waals surface area contributed by atoms with E-state index in [0.29, 0.717) is 6.07 Å². The summed E-state index contributed by atoms with van der Waals surface area (Å²) >= 11 is 0. The number of aromatic amines is 1. The van der Waals surface area contributed by atoms with Gasteiger partial charge in [-0.15, -0.1) is 0 Å². The van der Waals surface area contributed by atoms with Crippen molar-refractivity contribution in [3.05, 3.63) is 39.9 Å². The lowest BCUT2D eigenvalue weighted by atomic mass is 10.1. The molecule has 0 amide bonds. The first kappa shape index (κ1) is 11.1. The van der Waals surface area contributed by atoms with Crippen molar-refractivity contribution in [3.63, 3.8) is 0 Å². The second kappa shape index (κ2) is 3.59. The van der Waals surface area contributed by atoms with Crippen LogP contribution >= 0.6 is 0 Å². The summed E-state index contributed by atoms with van der Waals surface area (Å²) in [5.74, 6) is 0. The standard InChI is InChI=1S/C10H4F3N3O/c11-10(12,13)6-1-5(3-14)8-7(2-6)15-4-16-9(8)17/h1-2,4H,(H,15,16,17). The van der Waals surface area contributed by atoms with Crippen molar-refractivity contribution in [2.45, 2.75) is 6.18 Å². The van der Waals surface area contributed by atoms with E-state index in [0.717, 1.165) is 12.4 Å². The van der Waals surface area contributed by atoms with Crippen LogP contribution in [0.3, 0.4) is 0 Å². The van der Waals surface area contributed by atoms with Crippen molar-refractivity contribution in [1.29, 1.82) is 5.26 Å². The summed E-state index contributed by atoms with van der Waals surface area (Å²) < 4.78 is 37.5. The Bertz CT molecular complexity index is 682. The monoisotopic (exact) mass is 239 g/mol. The highest BCUT2D eigenvalue weighted by molar-refractivity contribution is 5.84. The van der Waals surface area contributed by atoms with Crippen LogP contribution in [0.15, 0.2) is 23.3 Å². The van der Waals surface area contributed by atoms with Gasteiger partial charge in [0.15, 0.2) is 0 Å². The van der Waals surface area contributed by atoms with Gasteiger partial charge in [-0.3, -0.25) is 4.79 Å². The molecule has 0 saturated carbocycles. The third-order valence-electron chi connectivity index (χ3n) is 2.19. The van der Waals surface area contributed by atoms with E-state index < -0.39 is 17.3 Å². The summed E-state index contributed by atoms with van der Waals surface area (Å²) in [5, 5.41) is 8.62. The topological polar surface area (TPSA) is 69.5 Å². The number of nitriles is 1. The molecule has 7 heteroatoms.